The van der Waals surface area contributed by atoms with Crippen LogP contribution in [0.15, 0.2) is 10.7 Å². The molecular formula is C14H21N5O. The highest BCUT2D eigenvalue weighted by Crippen LogP contribution is 2.34. The molecule has 0 spiro atoms. The average Bonchev–Trinajstić information content (AvgIpc) is 2.99. The van der Waals surface area contributed by atoms with Crippen LogP contribution in [0, 0.1) is 13.8 Å². The Labute approximate surface area is 118 Å². The van der Waals surface area contributed by atoms with Crippen molar-refractivity contribution in [3.05, 3.63) is 29.2 Å². The van der Waals surface area contributed by atoms with Crippen LogP contribution in [0.25, 0.3) is 0 Å². The Hall–Kier alpha value is -1.69. The minimum absolute atomic E-state index is 0.123. The number of rotatable bonds is 3. The van der Waals surface area contributed by atoms with Crippen LogP contribution in [0.2, 0.25) is 0 Å². The maximum Gasteiger partial charge on any atom is 0.223 e. The predicted octanol–water partition coefficient (Wildman–Crippen LogP) is 1.96. The maximum absolute atomic E-state index is 5.05. The Morgan fingerprint density at radius 2 is 2.30 bits per heavy atom. The van der Waals surface area contributed by atoms with Gasteiger partial charge in [0.2, 0.25) is 5.89 Å². The van der Waals surface area contributed by atoms with Gasteiger partial charge >= 0.3 is 0 Å². The fraction of sp³-hybridized carbons (Fsp3) is 0.643. The highest BCUT2D eigenvalue weighted by molar-refractivity contribution is 5.24. The van der Waals surface area contributed by atoms with Gasteiger partial charge in [-0.15, -0.1) is 0 Å². The predicted molar refractivity (Wildman–Crippen MR) is 74.2 cm³/mol. The molecule has 1 saturated heterocycles. The van der Waals surface area contributed by atoms with E-state index in [0.29, 0.717) is 5.89 Å². The summed E-state index contributed by atoms with van der Waals surface area (Å²) in [6.07, 6.45) is 4.26. The average molecular weight is 275 g/mol. The normalized spacial score (nSPS) is 24.1. The van der Waals surface area contributed by atoms with Crippen LogP contribution < -0.4 is 0 Å². The maximum atomic E-state index is 5.05. The zero-order valence-electron chi connectivity index (χ0n) is 12.3. The molecule has 1 atom stereocenters. The number of aromatic amines is 1. The van der Waals surface area contributed by atoms with E-state index in [1.807, 2.05) is 13.1 Å². The molecule has 0 radical (unpaired) electrons. The van der Waals surface area contributed by atoms with Crippen LogP contribution in [0.5, 0.6) is 0 Å². The molecule has 1 aliphatic heterocycles. The van der Waals surface area contributed by atoms with E-state index >= 15 is 0 Å². The molecule has 0 bridgehead atoms. The second-order valence-electron chi connectivity index (χ2n) is 6.03. The number of hydrogen-bond donors (Lipinski definition) is 1. The van der Waals surface area contributed by atoms with Crippen molar-refractivity contribution in [2.24, 2.45) is 0 Å². The number of piperidine rings is 1. The molecule has 1 fully saturated rings. The Morgan fingerprint density at radius 3 is 2.95 bits per heavy atom. The van der Waals surface area contributed by atoms with Crippen molar-refractivity contribution in [3.8, 4) is 0 Å². The summed E-state index contributed by atoms with van der Waals surface area (Å²) in [5.41, 5.74) is 2.62. The number of nitrogens with one attached hydrogen (secondary N) is 1. The molecule has 0 unspecified atom stereocenters. The van der Waals surface area contributed by atoms with E-state index in [0.717, 1.165) is 25.5 Å². The Morgan fingerprint density at radius 1 is 1.45 bits per heavy atom. The molecule has 1 aliphatic rings. The summed E-state index contributed by atoms with van der Waals surface area (Å²) in [7, 11) is 0. The second-order valence-corrected chi connectivity index (χ2v) is 6.03. The fourth-order valence-corrected chi connectivity index (χ4v) is 3.25. The van der Waals surface area contributed by atoms with Gasteiger partial charge in [-0.05, 0) is 31.9 Å². The molecule has 20 heavy (non-hydrogen) atoms. The highest BCUT2D eigenvalue weighted by Gasteiger charge is 2.35. The number of H-pyrrole nitrogens is 1. The number of aromatic nitrogens is 4. The minimum Gasteiger partial charge on any atom is -0.340 e. The largest absolute Gasteiger partial charge is 0.340 e. The van der Waals surface area contributed by atoms with Crippen LogP contribution in [0.1, 0.15) is 42.7 Å². The topological polar surface area (TPSA) is 70.8 Å². The third-order valence-electron chi connectivity index (χ3n) is 4.14. The molecule has 0 saturated carbocycles. The first-order valence-corrected chi connectivity index (χ1v) is 7.09. The van der Waals surface area contributed by atoms with Crippen LogP contribution in [0.3, 0.4) is 0 Å². The van der Waals surface area contributed by atoms with Gasteiger partial charge in [0.05, 0.1) is 12.7 Å². The second kappa shape index (κ2) is 5.01. The van der Waals surface area contributed by atoms with Gasteiger partial charge < -0.3 is 4.52 Å². The highest BCUT2D eigenvalue weighted by atomic mass is 16.5. The third-order valence-corrected chi connectivity index (χ3v) is 4.14. The molecule has 1 N–H and O–H groups in total. The standard InChI is InChI=1S/C14H21N5O/c1-10-7-15-17-13(10)14(3)5-4-6-19(9-14)8-12-16-11(2)20-18-12/h7H,4-6,8-9H2,1-3H3,(H,15,17)/t14-/m1/s1. The van der Waals surface area contributed by atoms with E-state index in [1.54, 1.807) is 0 Å². The van der Waals surface area contributed by atoms with Crippen LogP contribution in [-0.2, 0) is 12.0 Å². The minimum atomic E-state index is 0.123. The third kappa shape index (κ3) is 2.47. The molecule has 2 aromatic heterocycles. The SMILES string of the molecule is Cc1nc(CN2CCC[C@@](C)(c3[nH]ncc3C)C2)no1. The molecule has 0 aromatic carbocycles. The van der Waals surface area contributed by atoms with E-state index in [1.165, 1.54) is 24.1 Å². The van der Waals surface area contributed by atoms with Gasteiger partial charge in [-0.25, -0.2) is 0 Å². The lowest BCUT2D eigenvalue weighted by molar-refractivity contribution is 0.142. The molecule has 108 valence electrons. The van der Waals surface area contributed by atoms with E-state index in [4.69, 9.17) is 4.52 Å². The summed E-state index contributed by atoms with van der Waals surface area (Å²) in [6.45, 7) is 9.07. The summed E-state index contributed by atoms with van der Waals surface area (Å²) >= 11 is 0. The zero-order chi connectivity index (χ0) is 14.2. The van der Waals surface area contributed by atoms with Crippen molar-refractivity contribution >= 4 is 0 Å². The molecular weight excluding hydrogens is 254 g/mol. The first kappa shape index (κ1) is 13.3. The van der Waals surface area contributed by atoms with E-state index in [9.17, 15) is 0 Å². The monoisotopic (exact) mass is 275 g/mol. The quantitative estimate of drug-likeness (QED) is 0.927. The van der Waals surface area contributed by atoms with E-state index < -0.39 is 0 Å². The molecule has 6 heteroatoms. The zero-order valence-corrected chi connectivity index (χ0v) is 12.3. The fourth-order valence-electron chi connectivity index (χ4n) is 3.25. The summed E-state index contributed by atoms with van der Waals surface area (Å²) in [4.78, 5) is 6.69. The number of likely N-dealkylation sites (tertiary alicyclic amines) is 1. The van der Waals surface area contributed by atoms with Crippen LogP contribution >= 0.6 is 0 Å². The Balaban J connectivity index is 1.74. The van der Waals surface area contributed by atoms with Gasteiger partial charge in [0.15, 0.2) is 5.82 Å². The first-order chi connectivity index (χ1) is 9.57. The van der Waals surface area contributed by atoms with Crippen molar-refractivity contribution in [1.82, 2.24) is 25.2 Å². The Kier molecular flexibility index (Phi) is 3.33. The lowest BCUT2D eigenvalue weighted by atomic mass is 9.77. The summed E-state index contributed by atoms with van der Waals surface area (Å²) < 4.78 is 5.05. The molecule has 6 nitrogen and oxygen atoms in total. The van der Waals surface area contributed by atoms with Gasteiger partial charge in [-0.2, -0.15) is 10.1 Å². The Bertz CT molecular complexity index is 590. The first-order valence-electron chi connectivity index (χ1n) is 7.09. The molecule has 2 aromatic rings. The lowest BCUT2D eigenvalue weighted by Gasteiger charge is -2.39. The van der Waals surface area contributed by atoms with Gasteiger partial charge in [-0.1, -0.05) is 12.1 Å². The van der Waals surface area contributed by atoms with Crippen molar-refractivity contribution in [2.75, 3.05) is 13.1 Å². The van der Waals surface area contributed by atoms with Crippen LogP contribution in [-0.4, -0.2) is 38.3 Å². The van der Waals surface area contributed by atoms with Gasteiger partial charge in [-0.3, -0.25) is 10.00 Å². The molecule has 0 aliphatic carbocycles. The summed E-state index contributed by atoms with van der Waals surface area (Å²) in [5, 5.41) is 11.3. The van der Waals surface area contributed by atoms with Gasteiger partial charge in [0, 0.05) is 24.6 Å². The van der Waals surface area contributed by atoms with Gasteiger partial charge in [0.1, 0.15) is 0 Å². The molecule has 3 heterocycles. The number of nitrogens with zero attached hydrogens (tertiary/aromatic N) is 4. The van der Waals surface area contributed by atoms with E-state index in [-0.39, 0.29) is 5.41 Å². The summed E-state index contributed by atoms with van der Waals surface area (Å²) in [6, 6.07) is 0. The van der Waals surface area contributed by atoms with Crippen molar-refractivity contribution in [2.45, 2.75) is 45.6 Å². The van der Waals surface area contributed by atoms with Crippen molar-refractivity contribution in [1.29, 1.82) is 0 Å². The van der Waals surface area contributed by atoms with E-state index in [2.05, 4.69) is 39.1 Å². The smallest absolute Gasteiger partial charge is 0.223 e. The lowest BCUT2D eigenvalue weighted by Crippen LogP contribution is -2.44. The molecule has 0 amide bonds. The summed E-state index contributed by atoms with van der Waals surface area (Å²) in [5.74, 6) is 1.40. The van der Waals surface area contributed by atoms with Gasteiger partial charge in [0.25, 0.3) is 0 Å². The van der Waals surface area contributed by atoms with Crippen molar-refractivity contribution < 1.29 is 4.52 Å². The van der Waals surface area contributed by atoms with Crippen LogP contribution in [0.4, 0.5) is 0 Å². The number of hydrogen-bond acceptors (Lipinski definition) is 5. The van der Waals surface area contributed by atoms with Crippen molar-refractivity contribution in [3.63, 3.8) is 0 Å². The molecule has 3 rings (SSSR count). The number of aryl methyl sites for hydroxylation is 2.